The molecule has 1 unspecified atom stereocenters. The quantitative estimate of drug-likeness (QED) is 0.720. The number of ketones is 1. The van der Waals surface area contributed by atoms with Gasteiger partial charge in [-0.2, -0.15) is 0 Å². The summed E-state index contributed by atoms with van der Waals surface area (Å²) in [6.45, 7) is 1.53. The summed E-state index contributed by atoms with van der Waals surface area (Å²) in [7, 11) is 0. The first-order chi connectivity index (χ1) is 6.65. The molecular formula is C11H11FO2. The first-order valence-corrected chi connectivity index (χ1v) is 4.59. The van der Waals surface area contributed by atoms with Gasteiger partial charge in [0.25, 0.3) is 0 Å². The lowest BCUT2D eigenvalue weighted by Gasteiger charge is -2.07. The van der Waals surface area contributed by atoms with E-state index in [2.05, 4.69) is 0 Å². The second kappa shape index (κ2) is 3.40. The smallest absolute Gasteiger partial charge is 0.133 e. The largest absolute Gasteiger partial charge is 0.489 e. The highest BCUT2D eigenvalue weighted by atomic mass is 19.1. The number of carbonyl (C=O) groups excluding carboxylic acids is 1. The van der Waals surface area contributed by atoms with Crippen molar-refractivity contribution in [3.05, 3.63) is 29.6 Å². The summed E-state index contributed by atoms with van der Waals surface area (Å²) in [5, 5.41) is 0. The van der Waals surface area contributed by atoms with Crippen LogP contribution in [0.15, 0.2) is 18.2 Å². The van der Waals surface area contributed by atoms with E-state index in [4.69, 9.17) is 4.74 Å². The Hall–Kier alpha value is -1.38. The fourth-order valence-electron chi connectivity index (χ4n) is 1.72. The Morgan fingerprint density at radius 3 is 3.14 bits per heavy atom. The highest BCUT2D eigenvalue weighted by Gasteiger charge is 2.23. The molecule has 1 heterocycles. The highest BCUT2D eigenvalue weighted by molar-refractivity contribution is 5.76. The molecule has 0 amide bonds. The van der Waals surface area contributed by atoms with Crippen LogP contribution in [0.4, 0.5) is 4.39 Å². The minimum Gasteiger partial charge on any atom is -0.489 e. The fraction of sp³-hybridized carbons (Fsp3) is 0.364. The van der Waals surface area contributed by atoms with Gasteiger partial charge in [-0.25, -0.2) is 4.39 Å². The van der Waals surface area contributed by atoms with E-state index < -0.39 is 0 Å². The van der Waals surface area contributed by atoms with Crippen molar-refractivity contribution in [2.24, 2.45) is 0 Å². The first-order valence-electron chi connectivity index (χ1n) is 4.59. The van der Waals surface area contributed by atoms with Crippen LogP contribution in [0.1, 0.15) is 18.9 Å². The summed E-state index contributed by atoms with van der Waals surface area (Å²) in [5.41, 5.74) is 0.858. The zero-order valence-electron chi connectivity index (χ0n) is 7.92. The summed E-state index contributed by atoms with van der Waals surface area (Å²) in [5.74, 6) is 0.553. The molecule has 0 spiro atoms. The summed E-state index contributed by atoms with van der Waals surface area (Å²) >= 11 is 0. The molecule has 1 aliphatic heterocycles. The molecule has 0 radical (unpaired) electrons. The number of halogens is 1. The normalized spacial score (nSPS) is 18.9. The van der Waals surface area contributed by atoms with Gasteiger partial charge in [0, 0.05) is 18.4 Å². The van der Waals surface area contributed by atoms with Gasteiger partial charge in [-0.05, 0) is 25.1 Å². The van der Waals surface area contributed by atoms with Gasteiger partial charge in [0.15, 0.2) is 0 Å². The monoisotopic (exact) mass is 194 g/mol. The van der Waals surface area contributed by atoms with Crippen molar-refractivity contribution >= 4 is 5.78 Å². The van der Waals surface area contributed by atoms with Gasteiger partial charge >= 0.3 is 0 Å². The minimum atomic E-state index is -0.254. The van der Waals surface area contributed by atoms with Crippen LogP contribution in [0.25, 0.3) is 0 Å². The zero-order chi connectivity index (χ0) is 10.1. The van der Waals surface area contributed by atoms with Crippen LogP contribution < -0.4 is 4.74 Å². The van der Waals surface area contributed by atoms with Crippen LogP contribution in [0.2, 0.25) is 0 Å². The van der Waals surface area contributed by atoms with Crippen LogP contribution >= 0.6 is 0 Å². The molecule has 0 saturated carbocycles. The topological polar surface area (TPSA) is 26.3 Å². The molecule has 0 saturated heterocycles. The molecule has 3 heteroatoms. The van der Waals surface area contributed by atoms with E-state index in [0.29, 0.717) is 18.6 Å². The van der Waals surface area contributed by atoms with E-state index in [1.165, 1.54) is 19.1 Å². The summed E-state index contributed by atoms with van der Waals surface area (Å²) in [6, 6.07) is 4.45. The molecule has 1 aliphatic rings. The summed E-state index contributed by atoms with van der Waals surface area (Å²) in [6.07, 6.45) is 0.924. The van der Waals surface area contributed by atoms with Crippen LogP contribution in [0.3, 0.4) is 0 Å². The maximum absolute atomic E-state index is 12.8. The lowest BCUT2D eigenvalue weighted by molar-refractivity contribution is -0.118. The van der Waals surface area contributed by atoms with E-state index in [-0.39, 0.29) is 17.7 Å². The van der Waals surface area contributed by atoms with Crippen molar-refractivity contribution in [1.29, 1.82) is 0 Å². The molecule has 74 valence electrons. The molecule has 14 heavy (non-hydrogen) atoms. The van der Waals surface area contributed by atoms with Gasteiger partial charge in [0.05, 0.1) is 0 Å². The second-order valence-electron chi connectivity index (χ2n) is 3.60. The molecule has 0 aliphatic carbocycles. The molecule has 0 bridgehead atoms. The summed E-state index contributed by atoms with van der Waals surface area (Å²) in [4.78, 5) is 10.9. The lowest BCUT2D eigenvalue weighted by atomic mass is 10.1. The van der Waals surface area contributed by atoms with Crippen molar-refractivity contribution in [3.63, 3.8) is 0 Å². The Balaban J connectivity index is 2.14. The van der Waals surface area contributed by atoms with Gasteiger partial charge in [-0.15, -0.1) is 0 Å². The van der Waals surface area contributed by atoms with Crippen LogP contribution in [-0.4, -0.2) is 11.9 Å². The molecule has 1 atom stereocenters. The van der Waals surface area contributed by atoms with E-state index >= 15 is 0 Å². The number of hydrogen-bond acceptors (Lipinski definition) is 2. The SMILES string of the molecule is CC(=O)CC1Cc2cc(F)ccc2O1. The van der Waals surface area contributed by atoms with Crippen molar-refractivity contribution in [3.8, 4) is 5.75 Å². The Bertz CT molecular complexity index is 374. The van der Waals surface area contributed by atoms with Crippen molar-refractivity contribution in [2.45, 2.75) is 25.9 Å². The van der Waals surface area contributed by atoms with Crippen LogP contribution in [0.5, 0.6) is 5.75 Å². The third-order valence-electron chi connectivity index (χ3n) is 2.28. The molecule has 1 aromatic carbocycles. The Kier molecular flexibility index (Phi) is 2.23. The number of ether oxygens (including phenoxy) is 1. The number of Topliss-reactive ketones (excluding diaryl/α,β-unsaturated/α-hetero) is 1. The van der Waals surface area contributed by atoms with Crippen molar-refractivity contribution in [2.75, 3.05) is 0 Å². The number of carbonyl (C=O) groups is 1. The molecule has 2 rings (SSSR count). The predicted molar refractivity (Wildman–Crippen MR) is 49.8 cm³/mol. The van der Waals surface area contributed by atoms with E-state index in [1.807, 2.05) is 0 Å². The third-order valence-corrected chi connectivity index (χ3v) is 2.28. The van der Waals surface area contributed by atoms with E-state index in [1.54, 1.807) is 6.07 Å². The maximum Gasteiger partial charge on any atom is 0.133 e. The van der Waals surface area contributed by atoms with Gasteiger partial charge < -0.3 is 4.74 Å². The van der Waals surface area contributed by atoms with Gasteiger partial charge in [-0.3, -0.25) is 4.79 Å². The Morgan fingerprint density at radius 2 is 2.43 bits per heavy atom. The standard InChI is InChI=1S/C11H11FO2/c1-7(13)4-10-6-8-5-9(12)2-3-11(8)14-10/h2-3,5,10H,4,6H2,1H3. The highest BCUT2D eigenvalue weighted by Crippen LogP contribution is 2.30. The number of rotatable bonds is 2. The molecule has 0 N–H and O–H groups in total. The van der Waals surface area contributed by atoms with Crippen LogP contribution in [-0.2, 0) is 11.2 Å². The molecule has 1 aromatic rings. The minimum absolute atomic E-state index is 0.100. The number of benzene rings is 1. The van der Waals surface area contributed by atoms with Gasteiger partial charge in [-0.1, -0.05) is 0 Å². The predicted octanol–water partition coefficient (Wildman–Crippen LogP) is 2.11. The third kappa shape index (κ3) is 1.76. The summed E-state index contributed by atoms with van der Waals surface area (Å²) < 4.78 is 18.3. The fourth-order valence-corrected chi connectivity index (χ4v) is 1.72. The van der Waals surface area contributed by atoms with E-state index in [9.17, 15) is 9.18 Å². The average molecular weight is 194 g/mol. The van der Waals surface area contributed by atoms with Gasteiger partial charge in [0.2, 0.25) is 0 Å². The maximum atomic E-state index is 12.8. The first kappa shape index (κ1) is 9.19. The van der Waals surface area contributed by atoms with Crippen LogP contribution in [0, 0.1) is 5.82 Å². The molecule has 2 nitrogen and oxygen atoms in total. The Labute approximate surface area is 81.7 Å². The molecule has 0 aromatic heterocycles. The molecular weight excluding hydrogens is 183 g/mol. The van der Waals surface area contributed by atoms with Crippen molar-refractivity contribution < 1.29 is 13.9 Å². The lowest BCUT2D eigenvalue weighted by Crippen LogP contribution is -2.16. The van der Waals surface area contributed by atoms with Crippen molar-refractivity contribution in [1.82, 2.24) is 0 Å². The van der Waals surface area contributed by atoms with E-state index in [0.717, 1.165) is 5.56 Å². The average Bonchev–Trinajstić information content (AvgIpc) is 2.44. The number of fused-ring (bicyclic) bond motifs is 1. The Morgan fingerprint density at radius 1 is 1.64 bits per heavy atom. The zero-order valence-corrected chi connectivity index (χ0v) is 7.92. The number of hydrogen-bond donors (Lipinski definition) is 0. The second-order valence-corrected chi connectivity index (χ2v) is 3.60. The van der Waals surface area contributed by atoms with Gasteiger partial charge in [0.1, 0.15) is 23.5 Å². The molecule has 0 fully saturated rings.